The summed E-state index contributed by atoms with van der Waals surface area (Å²) in [5.74, 6) is -0.882. The number of nitrogens with zero attached hydrogens (tertiary/aromatic N) is 1. The molecule has 2 rings (SSSR count). The second-order valence-electron chi connectivity index (χ2n) is 6.20. The van der Waals surface area contributed by atoms with Gasteiger partial charge >= 0.3 is 12.0 Å². The van der Waals surface area contributed by atoms with Gasteiger partial charge in [-0.05, 0) is 45.4 Å². The van der Waals surface area contributed by atoms with Crippen LogP contribution in [0.1, 0.15) is 31.6 Å². The van der Waals surface area contributed by atoms with Crippen LogP contribution in [0, 0.1) is 6.92 Å². The van der Waals surface area contributed by atoms with E-state index < -0.39 is 11.5 Å². The molecular formula is C17H21N3O3S. The number of carbonyl (C=O) groups excluding carboxylic acids is 1. The predicted octanol–water partition coefficient (Wildman–Crippen LogP) is 3.88. The molecule has 6 nitrogen and oxygen atoms in total. The molecule has 0 aliphatic rings. The van der Waals surface area contributed by atoms with Crippen LogP contribution >= 0.6 is 11.3 Å². The molecule has 0 unspecified atom stereocenters. The summed E-state index contributed by atoms with van der Waals surface area (Å²) in [5.41, 5.74) is 1.66. The van der Waals surface area contributed by atoms with Crippen LogP contribution in [0.2, 0.25) is 0 Å². The number of nitrogens with one attached hydrogen (secondary N) is 2. The van der Waals surface area contributed by atoms with Crippen molar-refractivity contribution < 1.29 is 14.7 Å². The lowest BCUT2D eigenvalue weighted by Crippen LogP contribution is -2.45. The Hall–Kier alpha value is -2.41. The molecule has 0 fully saturated rings. The number of aryl methyl sites for hydroxylation is 1. The van der Waals surface area contributed by atoms with Gasteiger partial charge in [0.25, 0.3) is 0 Å². The predicted molar refractivity (Wildman–Crippen MR) is 95.4 cm³/mol. The van der Waals surface area contributed by atoms with E-state index in [2.05, 4.69) is 15.6 Å². The number of carbonyl (C=O) groups is 2. The minimum absolute atomic E-state index is 0.000394. The van der Waals surface area contributed by atoms with Crippen LogP contribution in [0.4, 0.5) is 10.5 Å². The lowest BCUT2D eigenvalue weighted by molar-refractivity contribution is -0.137. The highest BCUT2D eigenvalue weighted by atomic mass is 32.1. The summed E-state index contributed by atoms with van der Waals surface area (Å²) in [6, 6.07) is 5.19. The van der Waals surface area contributed by atoms with Crippen molar-refractivity contribution in [3.8, 4) is 11.3 Å². The maximum Gasteiger partial charge on any atom is 0.319 e. The molecule has 128 valence electrons. The van der Waals surface area contributed by atoms with Crippen molar-refractivity contribution in [3.63, 3.8) is 0 Å². The Kier molecular flexibility index (Phi) is 5.56. The summed E-state index contributed by atoms with van der Waals surface area (Å²) in [7, 11) is 0. The fraction of sp³-hybridized carbons (Fsp3) is 0.353. The van der Waals surface area contributed by atoms with E-state index in [9.17, 15) is 9.59 Å². The van der Waals surface area contributed by atoms with Crippen molar-refractivity contribution in [2.45, 2.75) is 39.2 Å². The Labute approximate surface area is 144 Å². The van der Waals surface area contributed by atoms with Crippen molar-refractivity contribution in [3.05, 3.63) is 34.7 Å². The molecule has 0 saturated carbocycles. The van der Waals surface area contributed by atoms with E-state index in [0.29, 0.717) is 17.8 Å². The number of anilines is 1. The van der Waals surface area contributed by atoms with Gasteiger partial charge in [0.05, 0.1) is 11.4 Å². The first-order valence-corrected chi connectivity index (χ1v) is 8.46. The average molecular weight is 347 g/mol. The molecule has 0 spiro atoms. The largest absolute Gasteiger partial charge is 0.481 e. The number of amides is 2. The van der Waals surface area contributed by atoms with Gasteiger partial charge in [0.1, 0.15) is 0 Å². The minimum atomic E-state index is -0.882. The molecule has 0 radical (unpaired) electrons. The maximum absolute atomic E-state index is 12.3. The highest BCUT2D eigenvalue weighted by molar-refractivity contribution is 7.10. The quantitative estimate of drug-likeness (QED) is 0.739. The monoisotopic (exact) mass is 347 g/mol. The molecule has 24 heavy (non-hydrogen) atoms. The molecule has 0 aliphatic heterocycles. The van der Waals surface area contributed by atoms with Gasteiger partial charge < -0.3 is 15.7 Å². The zero-order valence-electron chi connectivity index (χ0n) is 13.9. The van der Waals surface area contributed by atoms with Crippen molar-refractivity contribution in [2.75, 3.05) is 5.32 Å². The van der Waals surface area contributed by atoms with Crippen LogP contribution in [-0.4, -0.2) is 27.6 Å². The van der Waals surface area contributed by atoms with Crippen molar-refractivity contribution in [2.24, 2.45) is 0 Å². The summed E-state index contributed by atoms with van der Waals surface area (Å²) in [6.07, 6.45) is 2.03. The van der Waals surface area contributed by atoms with Crippen LogP contribution < -0.4 is 10.6 Å². The Morgan fingerprint density at radius 3 is 2.75 bits per heavy atom. The molecule has 7 heteroatoms. The van der Waals surface area contributed by atoms with Crippen LogP contribution in [0.5, 0.6) is 0 Å². The Bertz CT molecular complexity index is 740. The maximum atomic E-state index is 12.3. The van der Waals surface area contributed by atoms with Crippen LogP contribution in [-0.2, 0) is 4.79 Å². The molecule has 2 amide bonds. The third kappa shape index (κ3) is 5.06. The SMILES string of the molecule is Cc1cc(-c2ncccc2NC(=O)NC(C)(C)CCC(=O)O)cs1. The number of urea groups is 1. The molecular weight excluding hydrogens is 326 g/mol. The molecule has 0 aliphatic carbocycles. The number of aliphatic carboxylic acids is 1. The normalized spacial score (nSPS) is 11.1. The van der Waals surface area contributed by atoms with E-state index in [1.165, 1.54) is 4.88 Å². The van der Waals surface area contributed by atoms with Crippen molar-refractivity contribution in [1.29, 1.82) is 0 Å². The zero-order valence-corrected chi connectivity index (χ0v) is 14.7. The summed E-state index contributed by atoms with van der Waals surface area (Å²) in [4.78, 5) is 28.5. The van der Waals surface area contributed by atoms with Gasteiger partial charge in [-0.25, -0.2) is 4.79 Å². The highest BCUT2D eigenvalue weighted by Gasteiger charge is 2.22. The zero-order chi connectivity index (χ0) is 17.7. The molecule has 0 aromatic carbocycles. The second kappa shape index (κ2) is 7.44. The van der Waals surface area contributed by atoms with Gasteiger partial charge in [0, 0.05) is 34.0 Å². The van der Waals surface area contributed by atoms with Gasteiger partial charge in [-0.1, -0.05) is 0 Å². The number of pyridine rings is 1. The standard InChI is InChI=1S/C17H21N3O3S/c1-11-9-12(10-24-11)15-13(5-4-8-18-15)19-16(23)20-17(2,3)7-6-14(21)22/h4-5,8-10H,6-7H2,1-3H3,(H,21,22)(H2,19,20,23). The number of thiophene rings is 1. The van der Waals surface area contributed by atoms with Crippen molar-refractivity contribution >= 4 is 29.0 Å². The average Bonchev–Trinajstić information content (AvgIpc) is 2.91. The Morgan fingerprint density at radius 2 is 2.12 bits per heavy atom. The van der Waals surface area contributed by atoms with Crippen molar-refractivity contribution in [1.82, 2.24) is 10.3 Å². The lowest BCUT2D eigenvalue weighted by atomic mass is 9.99. The molecule has 3 N–H and O–H groups in total. The van der Waals surface area contributed by atoms with Gasteiger partial charge in [-0.2, -0.15) is 0 Å². The van der Waals surface area contributed by atoms with E-state index >= 15 is 0 Å². The summed E-state index contributed by atoms with van der Waals surface area (Å²) < 4.78 is 0. The summed E-state index contributed by atoms with van der Waals surface area (Å²) >= 11 is 1.62. The second-order valence-corrected chi connectivity index (χ2v) is 7.32. The first-order valence-electron chi connectivity index (χ1n) is 7.58. The van der Waals surface area contributed by atoms with E-state index in [1.54, 1.807) is 43.5 Å². The van der Waals surface area contributed by atoms with E-state index in [-0.39, 0.29) is 12.5 Å². The number of aromatic nitrogens is 1. The summed E-state index contributed by atoms with van der Waals surface area (Å²) in [5, 5.41) is 16.4. The Morgan fingerprint density at radius 1 is 1.38 bits per heavy atom. The Balaban J connectivity index is 2.08. The van der Waals surface area contributed by atoms with E-state index in [1.807, 2.05) is 18.4 Å². The molecule has 2 aromatic rings. The number of hydrogen-bond acceptors (Lipinski definition) is 4. The van der Waals surface area contributed by atoms with Crippen LogP contribution in [0.3, 0.4) is 0 Å². The van der Waals surface area contributed by atoms with E-state index in [0.717, 1.165) is 5.56 Å². The smallest absolute Gasteiger partial charge is 0.319 e. The molecule has 0 atom stereocenters. The third-order valence-electron chi connectivity index (χ3n) is 3.48. The topological polar surface area (TPSA) is 91.3 Å². The fourth-order valence-corrected chi connectivity index (χ4v) is 2.93. The van der Waals surface area contributed by atoms with Gasteiger partial charge in [-0.3, -0.25) is 9.78 Å². The number of hydrogen-bond donors (Lipinski definition) is 3. The summed E-state index contributed by atoms with van der Waals surface area (Å²) in [6.45, 7) is 5.60. The molecule has 2 aromatic heterocycles. The van der Waals surface area contributed by atoms with Crippen LogP contribution in [0.25, 0.3) is 11.3 Å². The lowest BCUT2D eigenvalue weighted by Gasteiger charge is -2.26. The molecule has 2 heterocycles. The number of rotatable bonds is 6. The van der Waals surface area contributed by atoms with Gasteiger partial charge in [0.2, 0.25) is 0 Å². The fourth-order valence-electron chi connectivity index (χ4n) is 2.25. The third-order valence-corrected chi connectivity index (χ3v) is 4.34. The van der Waals surface area contributed by atoms with Gasteiger partial charge in [0.15, 0.2) is 0 Å². The highest BCUT2D eigenvalue weighted by Crippen LogP contribution is 2.29. The van der Waals surface area contributed by atoms with Crippen LogP contribution in [0.15, 0.2) is 29.8 Å². The minimum Gasteiger partial charge on any atom is -0.481 e. The first-order chi connectivity index (χ1) is 11.3. The van der Waals surface area contributed by atoms with E-state index in [4.69, 9.17) is 5.11 Å². The molecule has 0 saturated heterocycles. The van der Waals surface area contributed by atoms with Gasteiger partial charge in [-0.15, -0.1) is 11.3 Å². The number of carboxylic acids is 1. The molecule has 0 bridgehead atoms. The number of carboxylic acid groups (broad SMARTS) is 1. The first kappa shape index (κ1) is 17.9.